The maximum Gasteiger partial charge on any atom is 1.00 e. The van der Waals surface area contributed by atoms with Gasteiger partial charge in [-0.2, -0.15) is 0 Å². The van der Waals surface area contributed by atoms with Gasteiger partial charge in [-0.15, -0.1) is 47.6 Å². The molecule has 1 aliphatic rings. The summed E-state index contributed by atoms with van der Waals surface area (Å²) in [5, 5.41) is -0.139. The van der Waals surface area contributed by atoms with Crippen molar-refractivity contribution in [3.05, 3.63) is 7.43 Å². The van der Waals surface area contributed by atoms with Crippen LogP contribution in [-0.2, 0) is 19.1 Å². The smallest absolute Gasteiger partial charge is 0.467 e. The van der Waals surface area contributed by atoms with Crippen LogP contribution < -0.4 is 68.9 Å². The third-order valence-electron chi connectivity index (χ3n) is 3.39. The molecule has 11 heteroatoms. The van der Waals surface area contributed by atoms with Crippen molar-refractivity contribution in [2.75, 3.05) is 19.5 Å². The van der Waals surface area contributed by atoms with E-state index in [0.29, 0.717) is 31.7 Å². The van der Waals surface area contributed by atoms with Crippen LogP contribution in [0.25, 0.3) is 0 Å². The molecule has 1 fully saturated rings. The first-order chi connectivity index (χ1) is 12.0. The van der Waals surface area contributed by atoms with Gasteiger partial charge in [0.15, 0.2) is 5.12 Å². The van der Waals surface area contributed by atoms with Gasteiger partial charge < -0.3 is 16.9 Å². The summed E-state index contributed by atoms with van der Waals surface area (Å²) < 4.78 is 10.3. The number of likely N-dealkylation sites (tertiary alicyclic amines) is 1. The molecule has 1 rings (SSSR count). The molecule has 1 amide bonds. The molecule has 1 unspecified atom stereocenters. The summed E-state index contributed by atoms with van der Waals surface area (Å²) in [5.41, 5.74) is -1.51. The van der Waals surface area contributed by atoms with Gasteiger partial charge >= 0.3 is 81.0 Å². The number of halogens is 1. The molecule has 0 N–H and O–H groups in total. The minimum absolute atomic E-state index is 0. The first-order valence-electron chi connectivity index (χ1n) is 8.04. The average Bonchev–Trinajstić information content (AvgIpc) is 2.97. The van der Waals surface area contributed by atoms with Crippen LogP contribution in [0.5, 0.6) is 0 Å². The van der Waals surface area contributed by atoms with Crippen LogP contribution in [0.15, 0.2) is 0 Å². The van der Waals surface area contributed by atoms with Gasteiger partial charge in [0.05, 0.1) is 7.11 Å². The number of amides is 1. The molecule has 0 saturated carbocycles. The van der Waals surface area contributed by atoms with Crippen LogP contribution in [-0.4, -0.2) is 52.8 Å². The van der Waals surface area contributed by atoms with Crippen LogP contribution in [0.3, 0.4) is 0 Å². The number of hydrogen-bond donors (Lipinski definition) is 3. The second kappa shape index (κ2) is 19.5. The fraction of sp³-hybridized carbons (Fsp3) is 0.765. The Hall–Kier alpha value is 1.80. The van der Waals surface area contributed by atoms with Gasteiger partial charge in [0, 0.05) is 19.3 Å². The predicted octanol–water partition coefficient (Wildman–Crippen LogP) is 1.63. The molecule has 1 heterocycles. The van der Waals surface area contributed by atoms with E-state index in [1.165, 1.54) is 18.9 Å². The number of ether oxygens (including phenoxy) is 2. The minimum atomic E-state index is -0.925. The third kappa shape index (κ3) is 14.7. The summed E-state index contributed by atoms with van der Waals surface area (Å²) in [5.74, 6) is 0.0620. The number of methoxy groups -OCH3 is 1. The van der Waals surface area contributed by atoms with Crippen LogP contribution in [0, 0.1) is 7.43 Å². The summed E-state index contributed by atoms with van der Waals surface area (Å²) in [7, 11) is 1.34. The quantitative estimate of drug-likeness (QED) is 0.152. The Morgan fingerprint density at radius 2 is 1.68 bits per heavy atom. The van der Waals surface area contributed by atoms with Crippen LogP contribution in [0.1, 0.15) is 53.4 Å². The van der Waals surface area contributed by atoms with E-state index in [4.69, 9.17) is 21.1 Å². The molecule has 1 atom stereocenters. The summed E-state index contributed by atoms with van der Waals surface area (Å²) in [4.78, 5) is 35.3. The van der Waals surface area contributed by atoms with E-state index in [9.17, 15) is 14.4 Å². The van der Waals surface area contributed by atoms with Gasteiger partial charge in [-0.1, -0.05) is 0 Å². The van der Waals surface area contributed by atoms with Crippen LogP contribution in [0.2, 0.25) is 0 Å². The van der Waals surface area contributed by atoms with E-state index in [1.807, 2.05) is 0 Å². The largest absolute Gasteiger partial charge is 1.00 e. The van der Waals surface area contributed by atoms with E-state index in [1.54, 1.807) is 20.8 Å². The molecule has 0 aromatic heterocycles. The summed E-state index contributed by atoms with van der Waals surface area (Å²) in [6.45, 7) is 7.31. The molecule has 0 aromatic carbocycles. The monoisotopic (exact) mass is 595 g/mol. The topological polar surface area (TPSA) is 72.9 Å². The number of nitrogens with zero attached hydrogens (tertiary/aromatic N) is 1. The van der Waals surface area contributed by atoms with Gasteiger partial charge in [0.25, 0.3) is 0 Å². The molecular formula is C17H33ClCsNO5S3. The van der Waals surface area contributed by atoms with Crippen LogP contribution >= 0.6 is 47.6 Å². The Balaban J connectivity index is -0.000000320. The van der Waals surface area contributed by atoms with Crippen molar-refractivity contribution in [2.45, 2.75) is 64.5 Å². The number of alkyl halides is 1. The normalized spacial score (nSPS) is 17.4. The number of carbonyl (C=O) groups excluding carboxylic acids is 3. The molecule has 28 heavy (non-hydrogen) atoms. The Kier molecular flexibility index (Phi) is 25.8. The molecule has 162 valence electrons. The van der Waals surface area contributed by atoms with Crippen LogP contribution in [0.4, 0.5) is 4.79 Å². The maximum absolute atomic E-state index is 12.3. The second-order valence-electron chi connectivity index (χ2n) is 6.57. The Bertz CT molecular complexity index is 463. The summed E-state index contributed by atoms with van der Waals surface area (Å²) in [6.07, 6.45) is 2.04. The molecule has 0 bridgehead atoms. The summed E-state index contributed by atoms with van der Waals surface area (Å²) >= 11 is 15.5. The first-order valence-corrected chi connectivity index (χ1v) is 10.6. The Morgan fingerprint density at radius 3 is 2.04 bits per heavy atom. The first kappa shape index (κ1) is 37.1. The standard InChI is InChI=1S/C14H24ClNO4.C2H4OS.CH3.Cs.H2S2/c1-13(2,3)20-12(18)16-10-6-8-14(16,7-5-9-15)11(17)19-4;1-2(3)4;;;1-2/h5-10H2,1-4H3;1H3,(H,3,4);1H3;;1-2H/q;;-1;+1;. The zero-order valence-electron chi connectivity index (χ0n) is 18.0. The SMILES string of the molecule is CC(=O)S.COC(=O)C1(CCCCl)CCCN1C(=O)OC(C)(C)C.SS.[CH3-].[Cs+]. The van der Waals surface area contributed by atoms with E-state index >= 15 is 0 Å². The molecular weight excluding hydrogens is 563 g/mol. The summed E-state index contributed by atoms with van der Waals surface area (Å²) in [6, 6.07) is 0. The van der Waals surface area contributed by atoms with E-state index < -0.39 is 17.2 Å². The van der Waals surface area contributed by atoms with E-state index in [-0.39, 0.29) is 87.4 Å². The molecule has 1 saturated heterocycles. The number of carbonyl (C=O) groups is 3. The van der Waals surface area contributed by atoms with E-state index in [2.05, 4.69) is 36.0 Å². The third-order valence-corrected chi connectivity index (χ3v) is 3.66. The van der Waals surface area contributed by atoms with Crippen molar-refractivity contribution < 1.29 is 92.8 Å². The van der Waals surface area contributed by atoms with Gasteiger partial charge in [0.1, 0.15) is 11.1 Å². The molecule has 1 aliphatic heterocycles. The number of rotatable bonds is 4. The molecule has 0 spiro atoms. The number of thiol groups is 3. The molecule has 0 aliphatic carbocycles. The molecule has 0 radical (unpaired) electrons. The van der Waals surface area contributed by atoms with Crippen molar-refractivity contribution in [3.63, 3.8) is 0 Å². The van der Waals surface area contributed by atoms with Crippen molar-refractivity contribution in [1.82, 2.24) is 4.90 Å². The number of hydrogen-bond acceptors (Lipinski definition) is 7. The molecule has 0 aromatic rings. The van der Waals surface area contributed by atoms with Gasteiger partial charge in [-0.05, 0) is 46.5 Å². The van der Waals surface area contributed by atoms with Gasteiger partial charge in [0.2, 0.25) is 0 Å². The van der Waals surface area contributed by atoms with Crippen molar-refractivity contribution >= 4 is 64.7 Å². The van der Waals surface area contributed by atoms with Crippen molar-refractivity contribution in [2.24, 2.45) is 0 Å². The molecule has 6 nitrogen and oxygen atoms in total. The Morgan fingerprint density at radius 1 is 1.21 bits per heavy atom. The van der Waals surface area contributed by atoms with Gasteiger partial charge in [-0.3, -0.25) is 9.69 Å². The fourth-order valence-corrected chi connectivity index (χ4v) is 2.72. The number of esters is 1. The zero-order valence-corrected chi connectivity index (χ0v) is 27.7. The van der Waals surface area contributed by atoms with E-state index in [0.717, 1.165) is 6.42 Å². The maximum atomic E-state index is 12.3. The average molecular weight is 596 g/mol. The minimum Gasteiger partial charge on any atom is -0.467 e. The second-order valence-corrected chi connectivity index (χ2v) is 7.58. The zero-order chi connectivity index (χ0) is 21.0. The van der Waals surface area contributed by atoms with Crippen molar-refractivity contribution in [3.8, 4) is 0 Å². The van der Waals surface area contributed by atoms with Gasteiger partial charge in [-0.25, -0.2) is 9.59 Å². The fourth-order valence-electron chi connectivity index (χ4n) is 2.59. The predicted molar refractivity (Wildman–Crippen MR) is 121 cm³/mol. The Labute approximate surface area is 250 Å². The van der Waals surface area contributed by atoms with Crippen molar-refractivity contribution in [1.29, 1.82) is 0 Å².